The second-order valence-electron chi connectivity index (χ2n) is 12.8. The molecule has 0 spiro atoms. The van der Waals surface area contributed by atoms with Gasteiger partial charge in [0, 0.05) is 47.8 Å². The van der Waals surface area contributed by atoms with Gasteiger partial charge in [-0.1, -0.05) is 12.1 Å². The van der Waals surface area contributed by atoms with Gasteiger partial charge in [0.25, 0.3) is 0 Å². The van der Waals surface area contributed by atoms with Crippen molar-refractivity contribution in [2.75, 3.05) is 27.5 Å². The quantitative estimate of drug-likeness (QED) is 0.228. The van der Waals surface area contributed by atoms with Crippen LogP contribution in [0.1, 0.15) is 66.2 Å². The monoisotopic (exact) mass is 659 g/mol. The number of carbonyl (C=O) groups is 3. The molecule has 0 aromatic heterocycles. The highest BCUT2D eigenvalue weighted by Crippen LogP contribution is 2.58. The number of hydrogen-bond acceptors (Lipinski definition) is 11. The van der Waals surface area contributed by atoms with Gasteiger partial charge in [-0.15, -0.1) is 0 Å². The molecule has 3 N–H and O–H groups in total. The zero-order valence-electron chi connectivity index (χ0n) is 28.2. The number of esters is 1. The SMILES string of the molecule is C/C=C/C(=O)N[C@@H](C)C(=O)NC[C@H]1c2c(c(OC(C)=O)c(C)c3c2OCO3)CC2[C@H]3c4c(cc(C)c(OC)c4O)C[C@@H]([C@H](C#N)N21)N3C. The maximum Gasteiger partial charge on any atom is 0.308 e. The minimum absolute atomic E-state index is 0.0429. The molecule has 13 nitrogen and oxygen atoms in total. The molecule has 4 aliphatic heterocycles. The Hall–Kier alpha value is -4.80. The number of phenolic OH excluding ortho intramolecular Hbond substituents is 1. The van der Waals surface area contributed by atoms with E-state index in [9.17, 15) is 24.8 Å². The number of aryl methyl sites for hydroxylation is 1. The van der Waals surface area contributed by atoms with Crippen molar-refractivity contribution in [3.05, 3.63) is 51.6 Å². The smallest absolute Gasteiger partial charge is 0.308 e. The average molecular weight is 660 g/mol. The van der Waals surface area contributed by atoms with Crippen LogP contribution >= 0.6 is 0 Å². The number of fused-ring (bicyclic) bond motifs is 9. The van der Waals surface area contributed by atoms with Gasteiger partial charge >= 0.3 is 5.97 Å². The van der Waals surface area contributed by atoms with E-state index in [1.165, 1.54) is 20.1 Å². The molecule has 6 rings (SSSR count). The van der Waals surface area contributed by atoms with Crippen LogP contribution in [0.15, 0.2) is 18.2 Å². The molecule has 0 aliphatic carbocycles. The number of likely N-dealkylation sites (N-methyl/N-ethyl adjacent to an activating group) is 1. The number of aromatic hydroxyl groups is 1. The summed E-state index contributed by atoms with van der Waals surface area (Å²) in [5, 5.41) is 28.2. The number of phenols is 1. The van der Waals surface area contributed by atoms with Crippen LogP contribution in [0.25, 0.3) is 0 Å². The van der Waals surface area contributed by atoms with E-state index < -0.39 is 42.0 Å². The van der Waals surface area contributed by atoms with Crippen LogP contribution in [0.4, 0.5) is 0 Å². The maximum absolute atomic E-state index is 13.4. The third kappa shape index (κ3) is 5.20. The van der Waals surface area contributed by atoms with Gasteiger partial charge in [0.2, 0.25) is 18.6 Å². The number of piperazine rings is 1. The molecule has 2 amide bonds. The van der Waals surface area contributed by atoms with E-state index in [-0.39, 0.29) is 31.2 Å². The zero-order chi connectivity index (χ0) is 34.6. The summed E-state index contributed by atoms with van der Waals surface area (Å²) in [7, 11) is 3.49. The number of carbonyl (C=O) groups excluding carboxylic acids is 3. The standard InChI is InChI=1S/C35H41N5O8/c1-8-9-26(42)38-18(4)35(44)37-14-25-28-21(32(48-19(5)41)17(3)33-34(28)47-15-46-33)12-23-29-27-20(10-16(2)31(45-7)30(27)43)11-22(39(29)6)24(13-36)40(23)25/h8-10,18,22-25,29,43H,11-12,14-15H2,1-7H3,(H,37,44)(H,38,42)/b9-8+/t18-,22-,23?,24-,25-,29-/m0/s1. The number of hydrogen-bond donors (Lipinski definition) is 3. The number of ether oxygens (including phenoxy) is 4. The first kappa shape index (κ1) is 33.1. The molecule has 0 saturated carbocycles. The van der Waals surface area contributed by atoms with Crippen molar-refractivity contribution < 1.29 is 38.4 Å². The Morgan fingerprint density at radius 3 is 2.56 bits per heavy atom. The van der Waals surface area contributed by atoms with E-state index in [2.05, 4.69) is 26.5 Å². The first-order chi connectivity index (χ1) is 22.9. The lowest BCUT2D eigenvalue weighted by molar-refractivity contribution is -0.132. The highest BCUT2D eigenvalue weighted by molar-refractivity contribution is 5.92. The lowest BCUT2D eigenvalue weighted by Gasteiger charge is -2.60. The number of allylic oxidation sites excluding steroid dienone is 1. The Morgan fingerprint density at radius 2 is 1.90 bits per heavy atom. The molecule has 13 heteroatoms. The summed E-state index contributed by atoms with van der Waals surface area (Å²) in [6.45, 7) is 8.33. The second-order valence-corrected chi connectivity index (χ2v) is 12.8. The summed E-state index contributed by atoms with van der Waals surface area (Å²) in [5.41, 5.74) is 4.45. The fraction of sp³-hybridized carbons (Fsp3) is 0.486. The number of nitrogens with one attached hydrogen (secondary N) is 2. The summed E-state index contributed by atoms with van der Waals surface area (Å²) >= 11 is 0. The number of nitrogens with zero attached hydrogens (tertiary/aromatic N) is 3. The van der Waals surface area contributed by atoms with Crippen LogP contribution in [0.3, 0.4) is 0 Å². The zero-order valence-corrected chi connectivity index (χ0v) is 28.2. The van der Waals surface area contributed by atoms with Gasteiger partial charge in [0.15, 0.2) is 23.0 Å². The summed E-state index contributed by atoms with van der Waals surface area (Å²) in [4.78, 5) is 42.3. The third-order valence-corrected chi connectivity index (χ3v) is 10.1. The molecule has 4 aliphatic rings. The lowest BCUT2D eigenvalue weighted by atomic mass is 9.71. The van der Waals surface area contributed by atoms with E-state index in [4.69, 9.17) is 18.9 Å². The molecular formula is C35H41N5O8. The van der Waals surface area contributed by atoms with Crippen molar-refractivity contribution >= 4 is 17.8 Å². The van der Waals surface area contributed by atoms with Crippen molar-refractivity contribution in [1.29, 1.82) is 5.26 Å². The van der Waals surface area contributed by atoms with Gasteiger partial charge in [0.05, 0.1) is 25.3 Å². The summed E-state index contributed by atoms with van der Waals surface area (Å²) in [5.74, 6) is 0.408. The first-order valence-electron chi connectivity index (χ1n) is 16.1. The summed E-state index contributed by atoms with van der Waals surface area (Å²) < 4.78 is 23.5. The largest absolute Gasteiger partial charge is 0.504 e. The normalized spacial score (nSPS) is 24.5. The molecule has 4 heterocycles. The summed E-state index contributed by atoms with van der Waals surface area (Å²) in [6, 6.07) is 1.43. The van der Waals surface area contributed by atoms with Crippen LogP contribution in [-0.4, -0.2) is 84.4 Å². The van der Waals surface area contributed by atoms with Crippen LogP contribution in [0, 0.1) is 25.2 Å². The van der Waals surface area contributed by atoms with E-state index >= 15 is 0 Å². The van der Waals surface area contributed by atoms with Gasteiger partial charge in [-0.25, -0.2) is 0 Å². The topological polar surface area (TPSA) is 163 Å². The van der Waals surface area contributed by atoms with Crippen LogP contribution in [0.2, 0.25) is 0 Å². The van der Waals surface area contributed by atoms with Gasteiger partial charge in [0.1, 0.15) is 17.8 Å². The fourth-order valence-electron chi connectivity index (χ4n) is 8.14. The Bertz CT molecular complexity index is 1770. The molecule has 48 heavy (non-hydrogen) atoms. The van der Waals surface area contributed by atoms with E-state index in [1.54, 1.807) is 26.8 Å². The van der Waals surface area contributed by atoms with Crippen LogP contribution < -0.4 is 29.6 Å². The van der Waals surface area contributed by atoms with Gasteiger partial charge < -0.3 is 34.7 Å². The molecule has 0 radical (unpaired) electrons. The average Bonchev–Trinajstić information content (AvgIpc) is 3.52. The molecule has 2 bridgehead atoms. The third-order valence-electron chi connectivity index (χ3n) is 10.1. The Labute approximate surface area is 279 Å². The highest BCUT2D eigenvalue weighted by Gasteiger charge is 2.57. The van der Waals surface area contributed by atoms with Gasteiger partial charge in [-0.2, -0.15) is 5.26 Å². The Kier molecular flexibility index (Phi) is 8.74. The minimum atomic E-state index is -0.842. The molecule has 6 atom stereocenters. The molecule has 2 aromatic rings. The molecule has 1 saturated heterocycles. The van der Waals surface area contributed by atoms with Crippen LogP contribution in [-0.2, 0) is 27.2 Å². The van der Waals surface area contributed by atoms with Gasteiger partial charge in [-0.3, -0.25) is 24.2 Å². The second kappa shape index (κ2) is 12.7. The van der Waals surface area contributed by atoms with Crippen molar-refractivity contribution in [2.24, 2.45) is 0 Å². The van der Waals surface area contributed by atoms with E-state index in [0.29, 0.717) is 52.5 Å². The molecule has 254 valence electrons. The predicted octanol–water partition coefficient (Wildman–Crippen LogP) is 2.64. The number of benzene rings is 2. The molecule has 1 unspecified atom stereocenters. The molecule has 2 aromatic carbocycles. The number of amides is 2. The fourth-order valence-corrected chi connectivity index (χ4v) is 8.14. The minimum Gasteiger partial charge on any atom is -0.504 e. The Balaban J connectivity index is 1.53. The number of rotatable bonds is 7. The van der Waals surface area contributed by atoms with Crippen molar-refractivity contribution in [2.45, 2.75) is 83.7 Å². The molecule has 1 fully saturated rings. The Morgan fingerprint density at radius 1 is 1.17 bits per heavy atom. The maximum atomic E-state index is 13.4. The van der Waals surface area contributed by atoms with Crippen LogP contribution in [0.5, 0.6) is 28.7 Å². The van der Waals surface area contributed by atoms with Gasteiger partial charge in [-0.05, 0) is 64.8 Å². The van der Waals surface area contributed by atoms with E-state index in [1.807, 2.05) is 20.0 Å². The summed E-state index contributed by atoms with van der Waals surface area (Å²) in [6.07, 6.45) is 3.77. The van der Waals surface area contributed by atoms with E-state index in [0.717, 1.165) is 16.7 Å². The van der Waals surface area contributed by atoms with Crippen molar-refractivity contribution in [3.63, 3.8) is 0 Å². The highest BCUT2D eigenvalue weighted by atomic mass is 16.7. The lowest BCUT2D eigenvalue weighted by Crippen LogP contribution is -2.69. The predicted molar refractivity (Wildman–Crippen MR) is 173 cm³/mol. The number of methoxy groups -OCH3 is 1. The van der Waals surface area contributed by atoms with Crippen molar-refractivity contribution in [1.82, 2.24) is 20.4 Å². The number of nitriles is 1. The van der Waals surface area contributed by atoms with Crippen molar-refractivity contribution in [3.8, 4) is 34.8 Å². The first-order valence-corrected chi connectivity index (χ1v) is 16.1. The molecular weight excluding hydrogens is 618 g/mol.